The number of pyridine rings is 1. The number of hydrogen-bond acceptors (Lipinski definition) is 3. The summed E-state index contributed by atoms with van der Waals surface area (Å²) in [6.07, 6.45) is 1.62. The smallest absolute Gasteiger partial charge is 0.320 e. The SMILES string of the molecule is COc1ccccc1CNC(=O)Nc1ccccn1. The molecule has 0 saturated carbocycles. The summed E-state index contributed by atoms with van der Waals surface area (Å²) in [7, 11) is 1.60. The number of amides is 2. The molecular formula is C14H15N3O2. The maximum atomic E-state index is 11.7. The molecule has 19 heavy (non-hydrogen) atoms. The molecule has 2 rings (SSSR count). The Morgan fingerprint density at radius 3 is 2.74 bits per heavy atom. The lowest BCUT2D eigenvalue weighted by Crippen LogP contribution is -2.28. The van der Waals surface area contributed by atoms with Crippen molar-refractivity contribution in [2.45, 2.75) is 6.54 Å². The van der Waals surface area contributed by atoms with Gasteiger partial charge in [0.15, 0.2) is 0 Å². The third-order valence-corrected chi connectivity index (χ3v) is 2.54. The summed E-state index contributed by atoms with van der Waals surface area (Å²) >= 11 is 0. The van der Waals surface area contributed by atoms with E-state index in [0.717, 1.165) is 11.3 Å². The second-order valence-electron chi connectivity index (χ2n) is 3.83. The number of carbonyl (C=O) groups is 1. The molecule has 0 atom stereocenters. The van der Waals surface area contributed by atoms with Gasteiger partial charge in [-0.25, -0.2) is 9.78 Å². The zero-order valence-corrected chi connectivity index (χ0v) is 10.6. The zero-order chi connectivity index (χ0) is 13.5. The lowest BCUT2D eigenvalue weighted by Gasteiger charge is -2.10. The van der Waals surface area contributed by atoms with Crippen LogP contribution in [-0.4, -0.2) is 18.1 Å². The van der Waals surface area contributed by atoms with Gasteiger partial charge in [-0.15, -0.1) is 0 Å². The van der Waals surface area contributed by atoms with Gasteiger partial charge in [-0.05, 0) is 18.2 Å². The van der Waals surface area contributed by atoms with Crippen LogP contribution in [-0.2, 0) is 6.54 Å². The molecule has 0 bridgehead atoms. The van der Waals surface area contributed by atoms with Crippen LogP contribution in [0.2, 0.25) is 0 Å². The number of carbonyl (C=O) groups excluding carboxylic acids is 1. The van der Waals surface area contributed by atoms with Crippen LogP contribution < -0.4 is 15.4 Å². The van der Waals surface area contributed by atoms with Gasteiger partial charge in [0.05, 0.1) is 7.11 Å². The van der Waals surface area contributed by atoms with Crippen molar-refractivity contribution in [2.24, 2.45) is 0 Å². The van der Waals surface area contributed by atoms with E-state index >= 15 is 0 Å². The molecule has 5 nitrogen and oxygen atoms in total. The molecule has 1 aromatic carbocycles. The molecular weight excluding hydrogens is 242 g/mol. The Balaban J connectivity index is 1.90. The Labute approximate surface area is 111 Å². The Hall–Kier alpha value is -2.56. The van der Waals surface area contributed by atoms with Crippen molar-refractivity contribution in [1.29, 1.82) is 0 Å². The highest BCUT2D eigenvalue weighted by molar-refractivity contribution is 5.88. The number of methoxy groups -OCH3 is 1. The maximum Gasteiger partial charge on any atom is 0.320 e. The summed E-state index contributed by atoms with van der Waals surface area (Å²) in [6, 6.07) is 12.6. The summed E-state index contributed by atoms with van der Waals surface area (Å²) in [4.78, 5) is 15.7. The van der Waals surface area contributed by atoms with E-state index in [-0.39, 0.29) is 6.03 Å². The van der Waals surface area contributed by atoms with Crippen LogP contribution in [0.4, 0.5) is 10.6 Å². The first kappa shape index (κ1) is 12.9. The zero-order valence-electron chi connectivity index (χ0n) is 10.6. The Morgan fingerprint density at radius 1 is 1.21 bits per heavy atom. The minimum absolute atomic E-state index is 0.301. The fourth-order valence-corrected chi connectivity index (χ4v) is 1.62. The van der Waals surface area contributed by atoms with Gasteiger partial charge in [-0.3, -0.25) is 5.32 Å². The normalized spacial score (nSPS) is 9.74. The average molecular weight is 257 g/mol. The van der Waals surface area contributed by atoms with Gasteiger partial charge < -0.3 is 10.1 Å². The Bertz CT molecular complexity index is 543. The highest BCUT2D eigenvalue weighted by atomic mass is 16.5. The van der Waals surface area contributed by atoms with Crippen molar-refractivity contribution in [3.05, 3.63) is 54.2 Å². The fourth-order valence-electron chi connectivity index (χ4n) is 1.62. The number of hydrogen-bond donors (Lipinski definition) is 2. The first-order valence-corrected chi connectivity index (χ1v) is 5.87. The van der Waals surface area contributed by atoms with Gasteiger partial charge in [0.25, 0.3) is 0 Å². The average Bonchev–Trinajstić information content (AvgIpc) is 2.46. The molecule has 2 amide bonds. The van der Waals surface area contributed by atoms with Crippen molar-refractivity contribution in [2.75, 3.05) is 12.4 Å². The number of urea groups is 1. The van der Waals surface area contributed by atoms with E-state index in [0.29, 0.717) is 12.4 Å². The van der Waals surface area contributed by atoms with E-state index in [9.17, 15) is 4.79 Å². The van der Waals surface area contributed by atoms with Crippen LogP contribution in [0.5, 0.6) is 5.75 Å². The second-order valence-corrected chi connectivity index (χ2v) is 3.83. The fraction of sp³-hybridized carbons (Fsp3) is 0.143. The van der Waals surface area contributed by atoms with Crippen molar-refractivity contribution < 1.29 is 9.53 Å². The van der Waals surface area contributed by atoms with Crippen LogP contribution in [0, 0.1) is 0 Å². The monoisotopic (exact) mass is 257 g/mol. The molecule has 5 heteroatoms. The second kappa shape index (κ2) is 6.39. The summed E-state index contributed by atoms with van der Waals surface area (Å²) in [5, 5.41) is 5.40. The van der Waals surface area contributed by atoms with Crippen LogP contribution in [0.3, 0.4) is 0 Å². The van der Waals surface area contributed by atoms with Crippen LogP contribution >= 0.6 is 0 Å². The predicted molar refractivity (Wildman–Crippen MR) is 73.1 cm³/mol. The molecule has 1 aromatic heterocycles. The third-order valence-electron chi connectivity index (χ3n) is 2.54. The minimum Gasteiger partial charge on any atom is -0.496 e. The number of benzene rings is 1. The highest BCUT2D eigenvalue weighted by Crippen LogP contribution is 2.16. The molecule has 0 aliphatic rings. The van der Waals surface area contributed by atoms with Gasteiger partial charge >= 0.3 is 6.03 Å². The van der Waals surface area contributed by atoms with E-state index in [1.807, 2.05) is 30.3 Å². The molecule has 98 valence electrons. The van der Waals surface area contributed by atoms with Gasteiger partial charge in [0.2, 0.25) is 0 Å². The molecule has 0 fully saturated rings. The standard InChI is InChI=1S/C14H15N3O2/c1-19-12-7-3-2-6-11(12)10-16-14(18)17-13-8-4-5-9-15-13/h2-9H,10H2,1H3,(H2,15,16,17,18). The van der Waals surface area contributed by atoms with Gasteiger partial charge in [0, 0.05) is 18.3 Å². The van der Waals surface area contributed by atoms with Crippen LogP contribution in [0.25, 0.3) is 0 Å². The summed E-state index contributed by atoms with van der Waals surface area (Å²) in [5.74, 6) is 1.26. The molecule has 0 unspecified atom stereocenters. The molecule has 1 heterocycles. The first-order valence-electron chi connectivity index (χ1n) is 5.87. The summed E-state index contributed by atoms with van der Waals surface area (Å²) < 4.78 is 5.21. The van der Waals surface area contributed by atoms with E-state index in [1.165, 1.54) is 0 Å². The molecule has 0 spiro atoms. The summed E-state index contributed by atoms with van der Waals surface area (Å²) in [6.45, 7) is 0.392. The lowest BCUT2D eigenvalue weighted by molar-refractivity contribution is 0.251. The molecule has 0 radical (unpaired) electrons. The van der Waals surface area contributed by atoms with Crippen molar-refractivity contribution in [1.82, 2.24) is 10.3 Å². The Morgan fingerprint density at radius 2 is 2.00 bits per heavy atom. The predicted octanol–water partition coefficient (Wildman–Crippen LogP) is 2.41. The van der Waals surface area contributed by atoms with Crippen molar-refractivity contribution in [3.63, 3.8) is 0 Å². The number of nitrogens with one attached hydrogen (secondary N) is 2. The van der Waals surface area contributed by atoms with Crippen LogP contribution in [0.15, 0.2) is 48.7 Å². The van der Waals surface area contributed by atoms with E-state index in [1.54, 1.807) is 25.4 Å². The maximum absolute atomic E-state index is 11.7. The number of para-hydroxylation sites is 1. The molecule has 2 N–H and O–H groups in total. The number of anilines is 1. The third kappa shape index (κ3) is 3.70. The number of rotatable bonds is 4. The topological polar surface area (TPSA) is 63.2 Å². The minimum atomic E-state index is -0.301. The number of ether oxygens (including phenoxy) is 1. The molecule has 2 aromatic rings. The van der Waals surface area contributed by atoms with E-state index in [2.05, 4.69) is 15.6 Å². The van der Waals surface area contributed by atoms with E-state index in [4.69, 9.17) is 4.74 Å². The highest BCUT2D eigenvalue weighted by Gasteiger charge is 2.05. The lowest BCUT2D eigenvalue weighted by atomic mass is 10.2. The van der Waals surface area contributed by atoms with Crippen LogP contribution in [0.1, 0.15) is 5.56 Å². The van der Waals surface area contributed by atoms with Gasteiger partial charge in [0.1, 0.15) is 11.6 Å². The quantitative estimate of drug-likeness (QED) is 0.884. The largest absolute Gasteiger partial charge is 0.496 e. The summed E-state index contributed by atoms with van der Waals surface area (Å²) in [5.41, 5.74) is 0.918. The van der Waals surface area contributed by atoms with Crippen molar-refractivity contribution >= 4 is 11.8 Å². The van der Waals surface area contributed by atoms with Gasteiger partial charge in [-0.1, -0.05) is 24.3 Å². The number of nitrogens with zero attached hydrogens (tertiary/aromatic N) is 1. The Kier molecular flexibility index (Phi) is 4.34. The number of aromatic nitrogens is 1. The van der Waals surface area contributed by atoms with Gasteiger partial charge in [-0.2, -0.15) is 0 Å². The molecule has 0 aliphatic carbocycles. The first-order chi connectivity index (χ1) is 9.29. The van der Waals surface area contributed by atoms with E-state index < -0.39 is 0 Å². The van der Waals surface area contributed by atoms with Crippen molar-refractivity contribution in [3.8, 4) is 5.75 Å². The molecule has 0 aliphatic heterocycles. The molecule has 0 saturated heterocycles.